The van der Waals surface area contributed by atoms with Crippen molar-refractivity contribution < 1.29 is 35.1 Å². The van der Waals surface area contributed by atoms with Crippen LogP contribution in [0.1, 0.15) is 11.1 Å². The van der Waals surface area contributed by atoms with Gasteiger partial charge in [-0.05, 0) is 34.4 Å². The third kappa shape index (κ3) is 5.18. The lowest BCUT2D eigenvalue weighted by Gasteiger charge is -2.06. The molecule has 0 N–H and O–H groups in total. The molecule has 0 saturated carbocycles. The normalized spacial score (nSPS) is 13.8. The SMILES string of the molecule is FC(=Cc1ccc(-c2ccc(C=C(F)C(F)(F)F)cc2)cc1)C(F)(F)F. The average molecular weight is 378 g/mol. The van der Waals surface area contributed by atoms with Crippen LogP contribution in [0, 0.1) is 0 Å². The lowest BCUT2D eigenvalue weighted by Crippen LogP contribution is -2.07. The molecule has 0 aromatic heterocycles. The van der Waals surface area contributed by atoms with Gasteiger partial charge in [0, 0.05) is 0 Å². The van der Waals surface area contributed by atoms with Crippen LogP contribution in [0.2, 0.25) is 0 Å². The summed E-state index contributed by atoms with van der Waals surface area (Å²) >= 11 is 0. The van der Waals surface area contributed by atoms with E-state index in [2.05, 4.69) is 0 Å². The Morgan fingerprint density at radius 3 is 1.04 bits per heavy atom. The van der Waals surface area contributed by atoms with Crippen LogP contribution < -0.4 is 0 Å². The van der Waals surface area contributed by atoms with Crippen LogP contribution in [-0.2, 0) is 0 Å². The monoisotopic (exact) mass is 378 g/mol. The molecule has 138 valence electrons. The fourth-order valence-electron chi connectivity index (χ4n) is 2.00. The maximum Gasteiger partial charge on any atom is 0.442 e. The largest absolute Gasteiger partial charge is 0.442 e. The summed E-state index contributed by atoms with van der Waals surface area (Å²) in [6.07, 6.45) is -9.43. The van der Waals surface area contributed by atoms with Crippen LogP contribution in [0.15, 0.2) is 60.2 Å². The van der Waals surface area contributed by atoms with Gasteiger partial charge >= 0.3 is 12.4 Å². The number of hydrogen-bond acceptors (Lipinski definition) is 0. The van der Waals surface area contributed by atoms with Crippen molar-refractivity contribution in [3.63, 3.8) is 0 Å². The van der Waals surface area contributed by atoms with Gasteiger partial charge in [0.15, 0.2) is 0 Å². The van der Waals surface area contributed by atoms with Crippen LogP contribution in [0.3, 0.4) is 0 Å². The molecule has 0 atom stereocenters. The lowest BCUT2D eigenvalue weighted by atomic mass is 10.0. The molecule has 0 fully saturated rings. The Kier molecular flexibility index (Phi) is 5.53. The van der Waals surface area contributed by atoms with Crippen LogP contribution >= 0.6 is 0 Å². The van der Waals surface area contributed by atoms with E-state index >= 15 is 0 Å². The van der Waals surface area contributed by atoms with E-state index in [0.717, 1.165) is 0 Å². The first-order valence-electron chi connectivity index (χ1n) is 7.06. The second-order valence-corrected chi connectivity index (χ2v) is 5.22. The van der Waals surface area contributed by atoms with Gasteiger partial charge in [-0.25, -0.2) is 8.78 Å². The predicted molar refractivity (Wildman–Crippen MR) is 82.2 cm³/mol. The molecular weight excluding hydrogens is 368 g/mol. The highest BCUT2D eigenvalue weighted by atomic mass is 19.4. The number of hydrogen-bond donors (Lipinski definition) is 0. The minimum absolute atomic E-state index is 0.00428. The summed E-state index contributed by atoms with van der Waals surface area (Å²) in [5, 5.41) is 0. The molecule has 26 heavy (non-hydrogen) atoms. The molecule has 8 heteroatoms. The highest BCUT2D eigenvalue weighted by Crippen LogP contribution is 2.30. The van der Waals surface area contributed by atoms with Crippen molar-refractivity contribution >= 4 is 12.2 Å². The average Bonchev–Trinajstić information content (AvgIpc) is 2.54. The predicted octanol–water partition coefficient (Wildman–Crippen LogP) is 7.10. The third-order valence-corrected chi connectivity index (χ3v) is 3.28. The molecule has 0 amide bonds. The molecule has 0 aliphatic carbocycles. The Balaban J connectivity index is 2.20. The molecule has 2 aromatic carbocycles. The van der Waals surface area contributed by atoms with E-state index in [-0.39, 0.29) is 11.1 Å². The summed E-state index contributed by atoms with van der Waals surface area (Å²) in [5.74, 6) is -4.46. The first-order valence-corrected chi connectivity index (χ1v) is 7.06. The van der Waals surface area contributed by atoms with Gasteiger partial charge in [-0.1, -0.05) is 48.5 Å². The molecule has 0 aliphatic heterocycles. The number of allylic oxidation sites excluding steroid dienone is 2. The first-order chi connectivity index (χ1) is 12.0. The van der Waals surface area contributed by atoms with Crippen molar-refractivity contribution in [2.45, 2.75) is 12.4 Å². The first kappa shape index (κ1) is 19.7. The highest BCUT2D eigenvalue weighted by molar-refractivity contribution is 5.68. The molecule has 0 aliphatic rings. The highest BCUT2D eigenvalue weighted by Gasteiger charge is 2.34. The summed E-state index contributed by atoms with van der Waals surface area (Å²) in [6, 6.07) is 10.8. The topological polar surface area (TPSA) is 0 Å². The van der Waals surface area contributed by atoms with E-state index in [9.17, 15) is 35.1 Å². The zero-order valence-electron chi connectivity index (χ0n) is 12.8. The van der Waals surface area contributed by atoms with Gasteiger partial charge in [0.2, 0.25) is 11.7 Å². The van der Waals surface area contributed by atoms with E-state index in [1.54, 1.807) is 0 Å². The van der Waals surface area contributed by atoms with Crippen molar-refractivity contribution in [1.29, 1.82) is 0 Å². The Hall–Kier alpha value is -2.64. The van der Waals surface area contributed by atoms with Gasteiger partial charge in [-0.3, -0.25) is 0 Å². The molecule has 0 radical (unpaired) electrons. The van der Waals surface area contributed by atoms with Crippen LogP contribution in [0.4, 0.5) is 35.1 Å². The molecule has 2 rings (SSSR count). The van der Waals surface area contributed by atoms with Crippen LogP contribution in [0.5, 0.6) is 0 Å². The fourth-order valence-corrected chi connectivity index (χ4v) is 2.00. The summed E-state index contributed by atoms with van der Waals surface area (Å²) in [4.78, 5) is 0. The Labute approximate surface area is 143 Å². The van der Waals surface area contributed by atoms with E-state index in [1.807, 2.05) is 0 Å². The zero-order valence-corrected chi connectivity index (χ0v) is 12.8. The molecule has 0 saturated heterocycles. The van der Waals surface area contributed by atoms with Crippen molar-refractivity contribution in [1.82, 2.24) is 0 Å². The number of benzene rings is 2. The van der Waals surface area contributed by atoms with E-state index in [0.29, 0.717) is 23.3 Å². The lowest BCUT2D eigenvalue weighted by molar-refractivity contribution is -0.108. The number of alkyl halides is 6. The zero-order chi connectivity index (χ0) is 19.5. The number of rotatable bonds is 3. The molecule has 2 aromatic rings. The summed E-state index contributed by atoms with van der Waals surface area (Å²) in [6.45, 7) is 0. The van der Waals surface area contributed by atoms with Gasteiger partial charge in [-0.2, -0.15) is 26.3 Å². The summed E-state index contributed by atoms with van der Waals surface area (Å²) in [5.41, 5.74) is 1.08. The number of halogens is 8. The Bertz CT molecular complexity index is 735. The molecule has 0 nitrogen and oxygen atoms in total. The van der Waals surface area contributed by atoms with Crippen LogP contribution in [0.25, 0.3) is 23.3 Å². The molecular formula is C18H10F8. The maximum atomic E-state index is 12.9. The fraction of sp³-hybridized carbons (Fsp3) is 0.111. The van der Waals surface area contributed by atoms with Gasteiger partial charge < -0.3 is 0 Å². The second-order valence-electron chi connectivity index (χ2n) is 5.22. The molecule has 0 spiro atoms. The maximum absolute atomic E-state index is 12.9. The molecule has 0 bridgehead atoms. The van der Waals surface area contributed by atoms with Crippen molar-refractivity contribution in [3.05, 3.63) is 71.3 Å². The van der Waals surface area contributed by atoms with Gasteiger partial charge in [0.1, 0.15) is 0 Å². The minimum atomic E-state index is -5.06. The van der Waals surface area contributed by atoms with Crippen molar-refractivity contribution in [2.24, 2.45) is 0 Å². The van der Waals surface area contributed by atoms with Gasteiger partial charge in [0.25, 0.3) is 0 Å². The summed E-state index contributed by atoms with van der Waals surface area (Å²) in [7, 11) is 0. The third-order valence-electron chi connectivity index (χ3n) is 3.28. The smallest absolute Gasteiger partial charge is 0.202 e. The van der Waals surface area contributed by atoms with Gasteiger partial charge in [-0.15, -0.1) is 0 Å². The van der Waals surface area contributed by atoms with E-state index in [4.69, 9.17) is 0 Å². The van der Waals surface area contributed by atoms with Crippen molar-refractivity contribution in [3.8, 4) is 11.1 Å². The van der Waals surface area contributed by atoms with E-state index < -0.39 is 24.0 Å². The Morgan fingerprint density at radius 1 is 0.538 bits per heavy atom. The Morgan fingerprint density at radius 2 is 0.808 bits per heavy atom. The molecule has 0 unspecified atom stereocenters. The van der Waals surface area contributed by atoms with Gasteiger partial charge in [0.05, 0.1) is 0 Å². The second kappa shape index (κ2) is 7.31. The van der Waals surface area contributed by atoms with Crippen LogP contribution in [-0.4, -0.2) is 12.4 Å². The summed E-state index contributed by atoms with van der Waals surface area (Å²) < 4.78 is 98.6. The minimum Gasteiger partial charge on any atom is -0.202 e. The molecule has 0 heterocycles. The quantitative estimate of drug-likeness (QED) is 0.500. The standard InChI is InChI=1S/C18H10F8/c19-15(17(21,22)23)9-11-1-5-13(6-2-11)14-7-3-12(4-8-14)10-16(20)18(24,25)26/h1-10H. The van der Waals surface area contributed by atoms with Crippen molar-refractivity contribution in [2.75, 3.05) is 0 Å². The van der Waals surface area contributed by atoms with E-state index in [1.165, 1.54) is 48.5 Å².